The fourth-order valence-corrected chi connectivity index (χ4v) is 3.29. The van der Waals surface area contributed by atoms with Crippen LogP contribution >= 0.6 is 0 Å². The van der Waals surface area contributed by atoms with E-state index >= 15 is 0 Å². The first kappa shape index (κ1) is 14.1. The summed E-state index contributed by atoms with van der Waals surface area (Å²) in [7, 11) is 1.75. The highest BCUT2D eigenvalue weighted by molar-refractivity contribution is 5.95. The Balaban J connectivity index is 2.08. The van der Waals surface area contributed by atoms with Crippen LogP contribution < -0.4 is 5.32 Å². The molecule has 0 saturated heterocycles. The van der Waals surface area contributed by atoms with E-state index in [0.717, 1.165) is 25.0 Å². The molecule has 0 bridgehead atoms. The monoisotopic (exact) mass is 265 g/mol. The fraction of sp³-hybridized carbons (Fsp3) is 0.714. The maximum atomic E-state index is 12.2. The third-order valence-corrected chi connectivity index (χ3v) is 4.77. The number of ether oxygens (including phenoxy) is 1. The van der Waals surface area contributed by atoms with Crippen molar-refractivity contribution in [2.75, 3.05) is 7.11 Å². The van der Waals surface area contributed by atoms with Crippen LogP contribution in [0.5, 0.6) is 0 Å². The van der Waals surface area contributed by atoms with Crippen LogP contribution in [0.15, 0.2) is 6.20 Å². The van der Waals surface area contributed by atoms with Gasteiger partial charge in [-0.05, 0) is 26.2 Å². The Morgan fingerprint density at radius 2 is 2.26 bits per heavy atom. The molecule has 2 rings (SSSR count). The summed E-state index contributed by atoms with van der Waals surface area (Å²) in [4.78, 5) is 12.2. The summed E-state index contributed by atoms with van der Waals surface area (Å²) in [5.74, 6) is -0.0444. The van der Waals surface area contributed by atoms with Gasteiger partial charge in [-0.15, -0.1) is 0 Å². The third kappa shape index (κ3) is 2.16. The molecule has 0 aromatic carbocycles. The maximum absolute atomic E-state index is 12.2. The molecule has 1 fully saturated rings. The molecule has 0 aliphatic heterocycles. The standard InChI is InChI=1S/C14H23N3O2/c1-5-14(6-2)11(7-12(14)19-4)16-13(18)10-8-15-17-9(10)3/h8,11-12H,5-7H2,1-4H3,(H,15,17)(H,16,18)/t11-,12+/m1/s1. The van der Waals surface area contributed by atoms with Gasteiger partial charge in [-0.2, -0.15) is 5.10 Å². The van der Waals surface area contributed by atoms with Gasteiger partial charge in [-0.3, -0.25) is 9.89 Å². The summed E-state index contributed by atoms with van der Waals surface area (Å²) in [6.45, 7) is 6.18. The Bertz CT molecular complexity index is 451. The van der Waals surface area contributed by atoms with Gasteiger partial charge in [-0.25, -0.2) is 0 Å². The van der Waals surface area contributed by atoms with Crippen LogP contribution in [0.4, 0.5) is 0 Å². The number of carbonyl (C=O) groups excluding carboxylic acids is 1. The molecular weight excluding hydrogens is 242 g/mol. The van der Waals surface area contributed by atoms with Gasteiger partial charge in [0.15, 0.2) is 0 Å². The van der Waals surface area contributed by atoms with Crippen molar-refractivity contribution in [2.24, 2.45) is 5.41 Å². The van der Waals surface area contributed by atoms with Crippen molar-refractivity contribution in [3.05, 3.63) is 17.5 Å². The molecule has 1 aromatic rings. The van der Waals surface area contributed by atoms with Crippen molar-refractivity contribution in [2.45, 2.75) is 52.2 Å². The van der Waals surface area contributed by atoms with Gasteiger partial charge in [0.25, 0.3) is 5.91 Å². The molecule has 19 heavy (non-hydrogen) atoms. The van der Waals surface area contributed by atoms with Gasteiger partial charge in [0.05, 0.1) is 17.9 Å². The summed E-state index contributed by atoms with van der Waals surface area (Å²) in [6, 6.07) is 0.189. The molecule has 5 heteroatoms. The van der Waals surface area contributed by atoms with Gasteiger partial charge < -0.3 is 10.1 Å². The predicted octanol–water partition coefficient (Wildman–Crippen LogP) is 2.04. The van der Waals surface area contributed by atoms with Crippen molar-refractivity contribution in [1.82, 2.24) is 15.5 Å². The minimum Gasteiger partial charge on any atom is -0.381 e. The molecule has 1 aliphatic rings. The van der Waals surface area contributed by atoms with E-state index in [1.165, 1.54) is 0 Å². The van der Waals surface area contributed by atoms with Crippen molar-refractivity contribution < 1.29 is 9.53 Å². The molecule has 0 radical (unpaired) electrons. The number of carbonyl (C=O) groups is 1. The van der Waals surface area contributed by atoms with Crippen LogP contribution in [-0.4, -0.2) is 35.4 Å². The summed E-state index contributed by atoms with van der Waals surface area (Å²) in [5.41, 5.74) is 1.50. The van der Waals surface area contributed by atoms with Gasteiger partial charge >= 0.3 is 0 Å². The highest BCUT2D eigenvalue weighted by Crippen LogP contribution is 2.48. The van der Waals surface area contributed by atoms with Crippen LogP contribution in [0.25, 0.3) is 0 Å². The number of aromatic amines is 1. The van der Waals surface area contributed by atoms with Crippen LogP contribution in [0.2, 0.25) is 0 Å². The second-order valence-corrected chi connectivity index (χ2v) is 5.34. The van der Waals surface area contributed by atoms with Crippen LogP contribution in [0, 0.1) is 12.3 Å². The van der Waals surface area contributed by atoms with Crippen LogP contribution in [-0.2, 0) is 4.74 Å². The molecule has 2 atom stereocenters. The largest absolute Gasteiger partial charge is 0.381 e. The van der Waals surface area contributed by atoms with Gasteiger partial charge in [0.2, 0.25) is 0 Å². The molecule has 0 unspecified atom stereocenters. The number of rotatable bonds is 5. The molecule has 106 valence electrons. The second kappa shape index (κ2) is 5.33. The van der Waals surface area contributed by atoms with Crippen LogP contribution in [0.1, 0.15) is 49.2 Å². The predicted molar refractivity (Wildman–Crippen MR) is 73.0 cm³/mol. The molecular formula is C14H23N3O2. The molecule has 1 heterocycles. The zero-order valence-electron chi connectivity index (χ0n) is 12.1. The molecule has 1 saturated carbocycles. The number of hydrogen-bond donors (Lipinski definition) is 2. The summed E-state index contributed by atoms with van der Waals surface area (Å²) >= 11 is 0. The van der Waals surface area contributed by atoms with Crippen molar-refractivity contribution in [3.63, 3.8) is 0 Å². The molecule has 1 aliphatic carbocycles. The van der Waals surface area contributed by atoms with E-state index in [4.69, 9.17) is 4.74 Å². The SMILES string of the molecule is CCC1(CC)[C@@H](OC)C[C@H]1NC(=O)c1cn[nH]c1C. The number of nitrogens with zero attached hydrogens (tertiary/aromatic N) is 1. The molecule has 1 aromatic heterocycles. The summed E-state index contributed by atoms with van der Waals surface area (Å²) < 4.78 is 5.54. The van der Waals surface area contributed by atoms with Crippen LogP contribution in [0.3, 0.4) is 0 Å². The van der Waals surface area contributed by atoms with Gasteiger partial charge in [0, 0.05) is 24.3 Å². The average molecular weight is 265 g/mol. The summed E-state index contributed by atoms with van der Waals surface area (Å²) in [6.07, 6.45) is 4.74. The summed E-state index contributed by atoms with van der Waals surface area (Å²) in [5, 5.41) is 9.82. The maximum Gasteiger partial charge on any atom is 0.254 e. The van der Waals surface area contributed by atoms with E-state index in [1.807, 2.05) is 6.92 Å². The van der Waals surface area contributed by atoms with E-state index in [1.54, 1.807) is 13.3 Å². The highest BCUT2D eigenvalue weighted by atomic mass is 16.5. The van der Waals surface area contributed by atoms with E-state index < -0.39 is 0 Å². The first-order valence-corrected chi connectivity index (χ1v) is 6.92. The number of amides is 1. The minimum absolute atomic E-state index is 0.0444. The Morgan fingerprint density at radius 1 is 1.58 bits per heavy atom. The fourth-order valence-electron chi connectivity index (χ4n) is 3.29. The van der Waals surface area contributed by atoms with E-state index in [2.05, 4.69) is 29.4 Å². The van der Waals surface area contributed by atoms with Gasteiger partial charge in [0.1, 0.15) is 0 Å². The van der Waals surface area contributed by atoms with Crippen molar-refractivity contribution in [1.29, 1.82) is 0 Å². The number of methoxy groups -OCH3 is 1. The average Bonchev–Trinajstić information content (AvgIpc) is 2.82. The van der Waals surface area contributed by atoms with Crippen molar-refractivity contribution >= 4 is 5.91 Å². The highest BCUT2D eigenvalue weighted by Gasteiger charge is 2.53. The Labute approximate surface area is 114 Å². The molecule has 2 N–H and O–H groups in total. The zero-order valence-corrected chi connectivity index (χ0v) is 12.1. The number of aryl methyl sites for hydroxylation is 1. The normalized spacial score (nSPS) is 24.8. The molecule has 1 amide bonds. The third-order valence-electron chi connectivity index (χ3n) is 4.77. The first-order valence-electron chi connectivity index (χ1n) is 6.92. The Hall–Kier alpha value is -1.36. The number of hydrogen-bond acceptors (Lipinski definition) is 3. The minimum atomic E-state index is -0.0444. The Kier molecular flexibility index (Phi) is 3.94. The Morgan fingerprint density at radius 3 is 2.74 bits per heavy atom. The van der Waals surface area contributed by atoms with E-state index in [0.29, 0.717) is 5.56 Å². The lowest BCUT2D eigenvalue weighted by molar-refractivity contribution is -0.120. The quantitative estimate of drug-likeness (QED) is 0.856. The smallest absolute Gasteiger partial charge is 0.254 e. The van der Waals surface area contributed by atoms with E-state index in [9.17, 15) is 4.79 Å². The van der Waals surface area contributed by atoms with Gasteiger partial charge in [-0.1, -0.05) is 13.8 Å². The molecule has 0 spiro atoms. The first-order chi connectivity index (χ1) is 9.08. The number of H-pyrrole nitrogens is 1. The van der Waals surface area contributed by atoms with E-state index in [-0.39, 0.29) is 23.5 Å². The number of aromatic nitrogens is 2. The van der Waals surface area contributed by atoms with Crippen molar-refractivity contribution in [3.8, 4) is 0 Å². The zero-order chi connectivity index (χ0) is 14.0. The lowest BCUT2D eigenvalue weighted by atomic mass is 9.58. The molecule has 5 nitrogen and oxygen atoms in total. The second-order valence-electron chi connectivity index (χ2n) is 5.34. The lowest BCUT2D eigenvalue weighted by Gasteiger charge is -2.55. The lowest BCUT2D eigenvalue weighted by Crippen LogP contribution is -2.64. The topological polar surface area (TPSA) is 67.0 Å². The number of nitrogens with one attached hydrogen (secondary N) is 2.